The Morgan fingerprint density at radius 3 is 2.69 bits per heavy atom. The third kappa shape index (κ3) is 5.35. The smallest absolute Gasteiger partial charge is 0.408 e. The lowest BCUT2D eigenvalue weighted by Crippen LogP contribution is -2.45. The number of thiophene rings is 1. The number of carbonyl (C=O) groups excluding carboxylic acids is 1. The van der Waals surface area contributed by atoms with E-state index in [1.54, 1.807) is 23.3 Å². The van der Waals surface area contributed by atoms with Crippen LogP contribution in [0.3, 0.4) is 0 Å². The van der Waals surface area contributed by atoms with Gasteiger partial charge in [-0.3, -0.25) is 9.69 Å². The number of thiazole rings is 1. The van der Waals surface area contributed by atoms with Gasteiger partial charge in [-0.1, -0.05) is 26.0 Å². The number of ether oxygens (including phenoxy) is 1. The fourth-order valence-corrected chi connectivity index (χ4v) is 7.21. The van der Waals surface area contributed by atoms with Crippen molar-refractivity contribution in [2.75, 3.05) is 32.1 Å². The Morgan fingerprint density at radius 1 is 1.20 bits per heavy atom. The summed E-state index contributed by atoms with van der Waals surface area (Å²) in [6, 6.07) is 7.67. The van der Waals surface area contributed by atoms with Crippen molar-refractivity contribution in [3.63, 3.8) is 0 Å². The van der Waals surface area contributed by atoms with Gasteiger partial charge in [-0.15, -0.1) is 22.7 Å². The molecule has 35 heavy (non-hydrogen) atoms. The highest BCUT2D eigenvalue weighted by Gasteiger charge is 2.40. The van der Waals surface area contributed by atoms with Crippen LogP contribution in [0.4, 0.5) is 9.80 Å². The Bertz CT molecular complexity index is 1160. The van der Waals surface area contributed by atoms with Gasteiger partial charge in [-0.25, -0.2) is 9.78 Å². The van der Waals surface area contributed by atoms with Crippen molar-refractivity contribution in [2.45, 2.75) is 51.6 Å². The van der Waals surface area contributed by atoms with Gasteiger partial charge in [0.1, 0.15) is 10.0 Å². The summed E-state index contributed by atoms with van der Waals surface area (Å²) >= 11 is 3.11. The van der Waals surface area contributed by atoms with Gasteiger partial charge in [-0.2, -0.15) is 0 Å². The van der Waals surface area contributed by atoms with Crippen LogP contribution in [0.2, 0.25) is 0 Å². The summed E-state index contributed by atoms with van der Waals surface area (Å²) in [6.45, 7) is 5.89. The Hall–Kier alpha value is -2.53. The lowest BCUT2D eigenvalue weighted by atomic mass is 9.90. The standard InChI is InChI=1S/C25H32N4O4S2/c1-4-15-14-16-21(23-27-17-8-6-7-9-19(17)34-23)24(28-20(30)10-11-26-12-13-33-3)35-22(16)18(5-2)29(15)25(31)32/h6-9,15,18,26H,4-5,10-14H2,1-3H3,(H,28,30)(H,31,32). The van der Waals surface area contributed by atoms with E-state index in [2.05, 4.69) is 16.7 Å². The lowest BCUT2D eigenvalue weighted by molar-refractivity contribution is -0.116. The van der Waals surface area contributed by atoms with E-state index in [-0.39, 0.29) is 18.0 Å². The molecule has 2 amide bonds. The quantitative estimate of drug-likeness (QED) is 0.314. The number of aromatic nitrogens is 1. The molecule has 0 aliphatic carbocycles. The van der Waals surface area contributed by atoms with Crippen LogP contribution < -0.4 is 10.6 Å². The second-order valence-electron chi connectivity index (χ2n) is 8.56. The first-order valence-corrected chi connectivity index (χ1v) is 13.6. The molecule has 0 bridgehead atoms. The predicted molar refractivity (Wildman–Crippen MR) is 142 cm³/mol. The number of anilines is 1. The molecule has 3 N–H and O–H groups in total. The minimum atomic E-state index is -0.892. The van der Waals surface area contributed by atoms with E-state index in [1.807, 2.05) is 32.0 Å². The lowest BCUT2D eigenvalue weighted by Gasteiger charge is -2.39. The van der Waals surface area contributed by atoms with Gasteiger partial charge in [0.2, 0.25) is 5.91 Å². The highest BCUT2D eigenvalue weighted by Crippen LogP contribution is 2.51. The summed E-state index contributed by atoms with van der Waals surface area (Å²) < 4.78 is 6.12. The molecule has 3 heterocycles. The molecule has 8 nitrogen and oxygen atoms in total. The molecule has 0 radical (unpaired) electrons. The molecule has 0 saturated carbocycles. The highest BCUT2D eigenvalue weighted by atomic mass is 32.1. The number of para-hydroxylation sites is 1. The van der Waals surface area contributed by atoms with Gasteiger partial charge in [0, 0.05) is 43.1 Å². The van der Waals surface area contributed by atoms with Crippen LogP contribution in [0.15, 0.2) is 24.3 Å². The first kappa shape index (κ1) is 25.6. The van der Waals surface area contributed by atoms with Crippen LogP contribution in [0.1, 0.15) is 49.6 Å². The van der Waals surface area contributed by atoms with Gasteiger partial charge in [0.15, 0.2) is 0 Å². The molecule has 2 unspecified atom stereocenters. The number of rotatable bonds is 10. The Balaban J connectivity index is 1.73. The Kier molecular flexibility index (Phi) is 8.38. The van der Waals surface area contributed by atoms with Crippen molar-refractivity contribution < 1.29 is 19.4 Å². The van der Waals surface area contributed by atoms with Crippen LogP contribution >= 0.6 is 22.7 Å². The van der Waals surface area contributed by atoms with Crippen molar-refractivity contribution in [1.82, 2.24) is 15.2 Å². The normalized spacial score (nSPS) is 17.5. The zero-order valence-corrected chi connectivity index (χ0v) is 21.9. The summed E-state index contributed by atoms with van der Waals surface area (Å²) in [5.74, 6) is -0.0777. The van der Waals surface area contributed by atoms with Gasteiger partial charge in [0.25, 0.3) is 0 Å². The number of carbonyl (C=O) groups is 2. The summed E-state index contributed by atoms with van der Waals surface area (Å²) in [5, 5.41) is 18.0. The average Bonchev–Trinajstić information content (AvgIpc) is 3.42. The third-order valence-electron chi connectivity index (χ3n) is 6.36. The maximum absolute atomic E-state index is 12.9. The van der Waals surface area contributed by atoms with Crippen LogP contribution in [0.25, 0.3) is 20.8 Å². The predicted octanol–water partition coefficient (Wildman–Crippen LogP) is 5.36. The van der Waals surface area contributed by atoms with Crippen LogP contribution in [-0.2, 0) is 16.0 Å². The average molecular weight is 517 g/mol. The summed E-state index contributed by atoms with van der Waals surface area (Å²) in [7, 11) is 1.65. The molecule has 2 atom stereocenters. The number of benzene rings is 1. The van der Waals surface area contributed by atoms with E-state index in [0.717, 1.165) is 42.7 Å². The molecule has 1 aromatic carbocycles. The number of hydrogen-bond donors (Lipinski definition) is 3. The molecule has 1 aliphatic heterocycles. The minimum absolute atomic E-state index is 0.0777. The third-order valence-corrected chi connectivity index (χ3v) is 8.66. The summed E-state index contributed by atoms with van der Waals surface area (Å²) in [5.41, 5.74) is 3.00. The van der Waals surface area contributed by atoms with Gasteiger partial charge >= 0.3 is 6.09 Å². The molecular formula is C25H32N4O4S2. The molecule has 188 valence electrons. The van der Waals surface area contributed by atoms with E-state index in [1.165, 1.54) is 11.3 Å². The van der Waals surface area contributed by atoms with E-state index < -0.39 is 6.09 Å². The van der Waals surface area contributed by atoms with Crippen LogP contribution in [0.5, 0.6) is 0 Å². The number of hydrogen-bond acceptors (Lipinski definition) is 7. The maximum atomic E-state index is 12.9. The number of fused-ring (bicyclic) bond motifs is 2. The molecule has 0 saturated heterocycles. The zero-order chi connectivity index (χ0) is 24.9. The minimum Gasteiger partial charge on any atom is -0.465 e. The number of nitrogens with one attached hydrogen (secondary N) is 2. The zero-order valence-electron chi connectivity index (χ0n) is 20.3. The molecular weight excluding hydrogens is 484 g/mol. The number of carboxylic acid groups (broad SMARTS) is 1. The Morgan fingerprint density at radius 2 is 2.00 bits per heavy atom. The number of nitrogens with zero attached hydrogens (tertiary/aromatic N) is 2. The van der Waals surface area contributed by atoms with Crippen molar-refractivity contribution in [1.29, 1.82) is 0 Å². The van der Waals surface area contributed by atoms with E-state index >= 15 is 0 Å². The molecule has 0 fully saturated rings. The largest absolute Gasteiger partial charge is 0.465 e. The first-order chi connectivity index (χ1) is 17.0. The molecule has 2 aromatic heterocycles. The van der Waals surface area contributed by atoms with Crippen molar-refractivity contribution in [2.24, 2.45) is 0 Å². The van der Waals surface area contributed by atoms with Crippen molar-refractivity contribution in [3.8, 4) is 10.6 Å². The summed E-state index contributed by atoms with van der Waals surface area (Å²) in [4.78, 5) is 32.6. The highest BCUT2D eigenvalue weighted by molar-refractivity contribution is 7.23. The van der Waals surface area contributed by atoms with Crippen LogP contribution in [0, 0.1) is 0 Å². The number of amides is 2. The SMILES string of the molecule is CCC1Cc2c(sc(NC(=O)CCNCCOC)c2-c2nc3ccccc3s2)C(CC)N1C(=O)O. The maximum Gasteiger partial charge on any atom is 0.408 e. The monoisotopic (exact) mass is 516 g/mol. The topological polar surface area (TPSA) is 104 Å². The van der Waals surface area contributed by atoms with E-state index in [9.17, 15) is 14.7 Å². The second-order valence-corrected chi connectivity index (χ2v) is 10.6. The van der Waals surface area contributed by atoms with E-state index in [4.69, 9.17) is 9.72 Å². The fourth-order valence-electron chi connectivity index (χ4n) is 4.67. The van der Waals surface area contributed by atoms with Crippen LogP contribution in [-0.4, -0.2) is 59.8 Å². The van der Waals surface area contributed by atoms with Gasteiger partial charge in [-0.05, 0) is 37.0 Å². The molecule has 3 aromatic rings. The van der Waals surface area contributed by atoms with Gasteiger partial charge in [0.05, 0.1) is 22.9 Å². The Labute approximate surface area is 213 Å². The molecule has 10 heteroatoms. The van der Waals surface area contributed by atoms with Crippen molar-refractivity contribution in [3.05, 3.63) is 34.7 Å². The summed E-state index contributed by atoms with van der Waals surface area (Å²) in [6.07, 6.45) is 1.46. The fraction of sp³-hybridized carbons (Fsp3) is 0.480. The second kappa shape index (κ2) is 11.5. The van der Waals surface area contributed by atoms with Gasteiger partial charge < -0.3 is 20.5 Å². The van der Waals surface area contributed by atoms with E-state index in [0.29, 0.717) is 39.0 Å². The number of methoxy groups -OCH3 is 1. The molecule has 1 aliphatic rings. The molecule has 4 rings (SSSR count). The first-order valence-electron chi connectivity index (χ1n) is 12.0. The molecule has 0 spiro atoms. The van der Waals surface area contributed by atoms with Crippen molar-refractivity contribution >= 4 is 49.9 Å².